The molecule has 0 fully saturated rings. The molecule has 2 aromatic rings. The molecule has 25 heavy (non-hydrogen) atoms. The Kier molecular flexibility index (Phi) is 6.89. The Bertz CT molecular complexity index is 742. The van der Waals surface area contributed by atoms with Crippen LogP contribution in [0.25, 0.3) is 0 Å². The fourth-order valence-electron chi connectivity index (χ4n) is 1.83. The number of rotatable bonds is 4. The molecule has 0 aliphatic rings. The molecule has 0 aliphatic carbocycles. The van der Waals surface area contributed by atoms with E-state index in [-0.39, 0.29) is 11.5 Å². The molecular weight excluding hydrogens is 592 g/mol. The molecule has 2 rings (SSSR count). The van der Waals surface area contributed by atoms with Gasteiger partial charge in [0.15, 0.2) is 0 Å². The zero-order valence-corrected chi connectivity index (χ0v) is 18.6. The Labute approximate surface area is 176 Å². The molecule has 0 saturated heterocycles. The molecule has 2 amide bonds. The van der Waals surface area contributed by atoms with Gasteiger partial charge in [-0.3, -0.25) is 9.59 Å². The van der Waals surface area contributed by atoms with Crippen molar-refractivity contribution in [1.82, 2.24) is 0 Å². The number of carbonyl (C=O) groups is 2. The number of hydrogen-bond acceptors (Lipinski definition) is 4. The van der Waals surface area contributed by atoms with Crippen LogP contribution in [-0.2, 0) is 9.59 Å². The second-order valence-electron chi connectivity index (χ2n) is 4.85. The average Bonchev–Trinajstić information content (AvgIpc) is 2.49. The van der Waals surface area contributed by atoms with E-state index in [0.29, 0.717) is 29.3 Å². The van der Waals surface area contributed by atoms with Crippen LogP contribution < -0.4 is 10.6 Å². The highest BCUT2D eigenvalue weighted by atomic mass is 79.9. The van der Waals surface area contributed by atoms with Gasteiger partial charge in [-0.1, -0.05) is 0 Å². The molecule has 0 atom stereocenters. The Morgan fingerprint density at radius 1 is 0.720 bits per heavy atom. The maximum absolute atomic E-state index is 12.0. The number of anilines is 2. The van der Waals surface area contributed by atoms with Crippen LogP contribution in [0.15, 0.2) is 42.2 Å². The third-order valence-electron chi connectivity index (χ3n) is 2.92. The second kappa shape index (κ2) is 8.52. The lowest BCUT2D eigenvalue weighted by atomic mass is 10.2. The minimum Gasteiger partial charge on any atom is -0.506 e. The van der Waals surface area contributed by atoms with Crippen LogP contribution in [0, 0.1) is 0 Å². The number of benzene rings is 2. The van der Waals surface area contributed by atoms with E-state index in [1.165, 1.54) is 24.3 Å². The summed E-state index contributed by atoms with van der Waals surface area (Å²) in [5.41, 5.74) is 0.842. The Balaban J connectivity index is 2.00. The molecule has 2 aromatic carbocycles. The molecule has 0 saturated carbocycles. The lowest BCUT2D eigenvalue weighted by Crippen LogP contribution is -2.21. The number of carbonyl (C=O) groups excluding carboxylic acids is 2. The Morgan fingerprint density at radius 3 is 1.28 bits per heavy atom. The maximum atomic E-state index is 12.0. The largest absolute Gasteiger partial charge is 0.506 e. The Hall–Kier alpha value is -1.10. The van der Waals surface area contributed by atoms with Crippen molar-refractivity contribution in [3.05, 3.63) is 42.2 Å². The van der Waals surface area contributed by atoms with E-state index in [0.717, 1.165) is 0 Å². The zero-order valence-electron chi connectivity index (χ0n) is 12.2. The van der Waals surface area contributed by atoms with Gasteiger partial charge in [-0.15, -0.1) is 0 Å². The normalized spacial score (nSPS) is 10.4. The molecule has 132 valence electrons. The van der Waals surface area contributed by atoms with Gasteiger partial charge in [0.25, 0.3) is 0 Å². The minimum atomic E-state index is -0.515. The predicted molar refractivity (Wildman–Crippen MR) is 109 cm³/mol. The fourth-order valence-corrected chi connectivity index (χ4v) is 4.20. The van der Waals surface area contributed by atoms with Gasteiger partial charge in [0.2, 0.25) is 11.8 Å². The number of aromatic hydroxyl groups is 2. The first-order chi connectivity index (χ1) is 11.7. The second-order valence-corrected chi connectivity index (χ2v) is 8.27. The summed E-state index contributed by atoms with van der Waals surface area (Å²) in [7, 11) is 0. The van der Waals surface area contributed by atoms with Gasteiger partial charge in [0.1, 0.15) is 17.9 Å². The van der Waals surface area contributed by atoms with Crippen LogP contribution in [0.5, 0.6) is 11.5 Å². The summed E-state index contributed by atoms with van der Waals surface area (Å²) >= 11 is 12.6. The lowest BCUT2D eigenvalue weighted by Gasteiger charge is -2.10. The van der Waals surface area contributed by atoms with Gasteiger partial charge >= 0.3 is 0 Å². The number of phenolic OH excluding ortho intramolecular Hbond substituents is 2. The van der Waals surface area contributed by atoms with E-state index >= 15 is 0 Å². The highest BCUT2D eigenvalue weighted by Crippen LogP contribution is 2.36. The van der Waals surface area contributed by atoms with Crippen LogP contribution in [-0.4, -0.2) is 22.0 Å². The first-order valence-corrected chi connectivity index (χ1v) is 9.80. The molecule has 0 heterocycles. The number of amides is 2. The SMILES string of the molecule is O=C(CC(=O)Nc1cc(Br)c(O)c(Br)c1)Nc1cc(Br)c(O)c(Br)c1. The van der Waals surface area contributed by atoms with Crippen molar-refractivity contribution in [2.45, 2.75) is 6.42 Å². The highest BCUT2D eigenvalue weighted by Gasteiger charge is 2.14. The molecule has 0 spiro atoms. The third-order valence-corrected chi connectivity index (χ3v) is 5.34. The number of phenols is 2. The summed E-state index contributed by atoms with van der Waals surface area (Å²) in [4.78, 5) is 24.0. The number of nitrogens with one attached hydrogen (secondary N) is 2. The summed E-state index contributed by atoms with van der Waals surface area (Å²) < 4.78 is 1.61. The first kappa shape index (κ1) is 20.2. The van der Waals surface area contributed by atoms with E-state index in [1.54, 1.807) is 0 Å². The van der Waals surface area contributed by atoms with Crippen LogP contribution in [0.1, 0.15) is 6.42 Å². The summed E-state index contributed by atoms with van der Waals surface area (Å²) in [6.45, 7) is 0. The van der Waals surface area contributed by atoms with E-state index in [2.05, 4.69) is 74.4 Å². The third kappa shape index (κ3) is 5.44. The summed E-state index contributed by atoms with van der Waals surface area (Å²) in [6, 6.07) is 6.07. The lowest BCUT2D eigenvalue weighted by molar-refractivity contribution is -0.123. The van der Waals surface area contributed by atoms with E-state index < -0.39 is 18.2 Å². The molecular formula is C15H10Br4N2O4. The van der Waals surface area contributed by atoms with Crippen LogP contribution >= 0.6 is 63.7 Å². The van der Waals surface area contributed by atoms with Gasteiger partial charge in [-0.2, -0.15) is 0 Å². The predicted octanol–water partition coefficient (Wildman–Crippen LogP) is 5.12. The summed E-state index contributed by atoms with van der Waals surface area (Å²) in [5, 5.41) is 24.4. The monoisotopic (exact) mass is 598 g/mol. The van der Waals surface area contributed by atoms with Crippen molar-refractivity contribution in [1.29, 1.82) is 0 Å². The summed E-state index contributed by atoms with van der Waals surface area (Å²) in [6.07, 6.45) is -0.397. The molecule has 0 aliphatic heterocycles. The van der Waals surface area contributed by atoms with E-state index in [4.69, 9.17) is 0 Å². The molecule has 6 nitrogen and oxygen atoms in total. The maximum Gasteiger partial charge on any atom is 0.233 e. The van der Waals surface area contributed by atoms with Gasteiger partial charge < -0.3 is 20.8 Å². The van der Waals surface area contributed by atoms with E-state index in [9.17, 15) is 19.8 Å². The van der Waals surface area contributed by atoms with Crippen molar-refractivity contribution < 1.29 is 19.8 Å². The first-order valence-electron chi connectivity index (χ1n) is 6.63. The molecule has 0 bridgehead atoms. The quantitative estimate of drug-likeness (QED) is 0.289. The molecule has 0 radical (unpaired) electrons. The Morgan fingerprint density at radius 2 is 1.00 bits per heavy atom. The molecule has 0 unspecified atom stereocenters. The smallest absolute Gasteiger partial charge is 0.233 e. The van der Waals surface area contributed by atoms with Crippen LogP contribution in [0.2, 0.25) is 0 Å². The van der Waals surface area contributed by atoms with Gasteiger partial charge in [-0.05, 0) is 88.0 Å². The minimum absolute atomic E-state index is 0.0132. The van der Waals surface area contributed by atoms with Crippen LogP contribution in [0.4, 0.5) is 11.4 Å². The van der Waals surface area contributed by atoms with Crippen molar-refractivity contribution in [2.24, 2.45) is 0 Å². The van der Waals surface area contributed by atoms with Crippen molar-refractivity contribution >= 4 is 86.9 Å². The summed E-state index contributed by atoms with van der Waals surface area (Å²) in [5.74, 6) is -1.00. The van der Waals surface area contributed by atoms with Gasteiger partial charge in [-0.25, -0.2) is 0 Å². The highest BCUT2D eigenvalue weighted by molar-refractivity contribution is 9.11. The van der Waals surface area contributed by atoms with Crippen molar-refractivity contribution in [2.75, 3.05) is 10.6 Å². The fraction of sp³-hybridized carbons (Fsp3) is 0.0667. The van der Waals surface area contributed by atoms with Crippen LogP contribution in [0.3, 0.4) is 0 Å². The van der Waals surface area contributed by atoms with Crippen molar-refractivity contribution in [3.63, 3.8) is 0 Å². The molecule has 0 aromatic heterocycles. The van der Waals surface area contributed by atoms with Gasteiger partial charge in [0.05, 0.1) is 17.9 Å². The van der Waals surface area contributed by atoms with E-state index in [1.807, 2.05) is 0 Å². The standard InChI is InChI=1S/C15H10Br4N2O4/c16-8-1-6(2-9(17)14(8)24)20-12(22)5-13(23)21-7-3-10(18)15(25)11(19)4-7/h1-4,24-25H,5H2,(H,20,22)(H,21,23). The van der Waals surface area contributed by atoms with Gasteiger partial charge in [0, 0.05) is 11.4 Å². The average molecular weight is 602 g/mol. The number of halogens is 4. The van der Waals surface area contributed by atoms with Crippen molar-refractivity contribution in [3.8, 4) is 11.5 Å². The zero-order chi connectivity index (χ0) is 18.7. The molecule has 4 N–H and O–H groups in total. The topological polar surface area (TPSA) is 98.7 Å². The number of hydrogen-bond donors (Lipinski definition) is 4. The molecule has 10 heteroatoms.